The molecule has 0 unspecified atom stereocenters. The van der Waals surface area contributed by atoms with Crippen molar-refractivity contribution < 1.29 is 9.53 Å². The molecule has 0 fully saturated rings. The monoisotopic (exact) mass is 285 g/mol. The Morgan fingerprint density at radius 3 is 2.67 bits per heavy atom. The molecule has 0 bridgehead atoms. The van der Waals surface area contributed by atoms with Gasteiger partial charge in [-0.25, -0.2) is 9.78 Å². The van der Waals surface area contributed by atoms with Crippen LogP contribution in [-0.2, 0) is 0 Å². The number of pyridine rings is 1. The van der Waals surface area contributed by atoms with Gasteiger partial charge < -0.3 is 10.1 Å². The molecule has 2 N–H and O–H groups in total. The van der Waals surface area contributed by atoms with E-state index < -0.39 is 0 Å². The van der Waals surface area contributed by atoms with Crippen LogP contribution in [0.5, 0.6) is 5.75 Å². The van der Waals surface area contributed by atoms with Gasteiger partial charge in [0, 0.05) is 6.20 Å². The predicted octanol–water partition coefficient (Wildman–Crippen LogP) is 3.16. The lowest BCUT2D eigenvalue weighted by molar-refractivity contribution is 0.234. The second kappa shape index (κ2) is 6.74. The van der Waals surface area contributed by atoms with Gasteiger partial charge in [-0.2, -0.15) is 0 Å². The molecule has 110 valence electrons. The van der Waals surface area contributed by atoms with Crippen LogP contribution in [0.4, 0.5) is 10.6 Å². The fraction of sp³-hybridized carbons (Fsp3) is 0.250. The SMILES string of the molecule is Cc1cccnc1NC(=O)NCOc1cccc(C)c1C. The molecule has 0 aliphatic rings. The van der Waals surface area contributed by atoms with E-state index >= 15 is 0 Å². The largest absolute Gasteiger partial charge is 0.473 e. The molecule has 0 aliphatic carbocycles. The Balaban J connectivity index is 1.85. The number of aryl methyl sites for hydroxylation is 2. The number of hydrogen-bond donors (Lipinski definition) is 2. The average molecular weight is 285 g/mol. The molecule has 0 spiro atoms. The number of carbonyl (C=O) groups excluding carboxylic acids is 1. The molecule has 2 amide bonds. The first-order valence-corrected chi connectivity index (χ1v) is 6.73. The second-order valence-corrected chi connectivity index (χ2v) is 4.79. The number of aromatic nitrogens is 1. The molecule has 0 saturated heterocycles. The number of nitrogens with one attached hydrogen (secondary N) is 2. The van der Waals surface area contributed by atoms with Crippen LogP contribution in [0.25, 0.3) is 0 Å². The zero-order valence-electron chi connectivity index (χ0n) is 12.4. The van der Waals surface area contributed by atoms with Crippen molar-refractivity contribution in [2.24, 2.45) is 0 Å². The minimum absolute atomic E-state index is 0.0992. The highest BCUT2D eigenvalue weighted by Crippen LogP contribution is 2.20. The van der Waals surface area contributed by atoms with Gasteiger partial charge in [0.25, 0.3) is 0 Å². The summed E-state index contributed by atoms with van der Waals surface area (Å²) in [6.07, 6.45) is 1.63. The highest BCUT2D eigenvalue weighted by atomic mass is 16.5. The summed E-state index contributed by atoms with van der Waals surface area (Å²) in [6.45, 7) is 5.99. The molecule has 2 aromatic rings. The van der Waals surface area contributed by atoms with Crippen molar-refractivity contribution in [1.29, 1.82) is 0 Å². The van der Waals surface area contributed by atoms with Crippen LogP contribution in [0.1, 0.15) is 16.7 Å². The van der Waals surface area contributed by atoms with Crippen LogP contribution in [0.2, 0.25) is 0 Å². The Hall–Kier alpha value is -2.56. The number of hydrogen-bond acceptors (Lipinski definition) is 3. The Morgan fingerprint density at radius 1 is 1.14 bits per heavy atom. The number of carbonyl (C=O) groups is 1. The predicted molar refractivity (Wildman–Crippen MR) is 82.5 cm³/mol. The maximum atomic E-state index is 11.8. The van der Waals surface area contributed by atoms with Crippen LogP contribution in [0.3, 0.4) is 0 Å². The summed E-state index contributed by atoms with van der Waals surface area (Å²) in [5.41, 5.74) is 3.13. The molecule has 21 heavy (non-hydrogen) atoms. The summed E-state index contributed by atoms with van der Waals surface area (Å²) in [4.78, 5) is 15.9. The van der Waals surface area contributed by atoms with Crippen LogP contribution in [-0.4, -0.2) is 17.7 Å². The van der Waals surface area contributed by atoms with E-state index in [-0.39, 0.29) is 12.8 Å². The molecule has 1 aromatic heterocycles. The van der Waals surface area contributed by atoms with Crippen molar-refractivity contribution in [2.75, 3.05) is 12.0 Å². The normalized spacial score (nSPS) is 10.0. The topological polar surface area (TPSA) is 63.2 Å². The number of urea groups is 1. The number of ether oxygens (including phenoxy) is 1. The summed E-state index contributed by atoms with van der Waals surface area (Å²) in [5, 5.41) is 5.32. The maximum absolute atomic E-state index is 11.8. The zero-order chi connectivity index (χ0) is 15.2. The lowest BCUT2D eigenvalue weighted by Gasteiger charge is -2.12. The third kappa shape index (κ3) is 3.95. The molecule has 0 aliphatic heterocycles. The van der Waals surface area contributed by atoms with Crippen molar-refractivity contribution in [3.63, 3.8) is 0 Å². The number of anilines is 1. The molecule has 5 heteroatoms. The van der Waals surface area contributed by atoms with Gasteiger partial charge in [-0.15, -0.1) is 0 Å². The number of nitrogens with zero attached hydrogens (tertiary/aromatic N) is 1. The minimum Gasteiger partial charge on any atom is -0.473 e. The van der Waals surface area contributed by atoms with Gasteiger partial charge in [0.15, 0.2) is 6.73 Å². The molecule has 0 radical (unpaired) electrons. The lowest BCUT2D eigenvalue weighted by Crippen LogP contribution is -2.32. The Bertz CT molecular complexity index is 641. The van der Waals surface area contributed by atoms with E-state index in [1.54, 1.807) is 6.20 Å². The van der Waals surface area contributed by atoms with E-state index in [9.17, 15) is 4.79 Å². The minimum atomic E-state index is -0.345. The van der Waals surface area contributed by atoms with E-state index in [0.717, 1.165) is 22.4 Å². The van der Waals surface area contributed by atoms with E-state index in [4.69, 9.17) is 4.74 Å². The molecule has 1 heterocycles. The van der Waals surface area contributed by atoms with Gasteiger partial charge in [-0.1, -0.05) is 18.2 Å². The Labute approximate surface area is 124 Å². The molecular weight excluding hydrogens is 266 g/mol. The van der Waals surface area contributed by atoms with Gasteiger partial charge in [0.1, 0.15) is 11.6 Å². The van der Waals surface area contributed by atoms with Crippen LogP contribution in [0.15, 0.2) is 36.5 Å². The van der Waals surface area contributed by atoms with Crippen LogP contribution >= 0.6 is 0 Å². The number of rotatable bonds is 4. The van der Waals surface area contributed by atoms with Gasteiger partial charge in [-0.3, -0.25) is 5.32 Å². The highest BCUT2D eigenvalue weighted by molar-refractivity contribution is 5.88. The number of benzene rings is 1. The molecule has 0 atom stereocenters. The standard InChI is InChI=1S/C16H19N3O2/c1-11-6-4-8-14(13(11)3)21-10-18-16(20)19-15-12(2)7-5-9-17-15/h4-9H,10H2,1-3H3,(H2,17,18,19,20). The van der Waals surface area contributed by atoms with Crippen molar-refractivity contribution in [2.45, 2.75) is 20.8 Å². The quantitative estimate of drug-likeness (QED) is 0.848. The zero-order valence-corrected chi connectivity index (χ0v) is 12.4. The smallest absolute Gasteiger partial charge is 0.323 e. The molecule has 5 nitrogen and oxygen atoms in total. The summed E-state index contributed by atoms with van der Waals surface area (Å²) in [5.74, 6) is 1.31. The third-order valence-electron chi connectivity index (χ3n) is 3.26. The summed E-state index contributed by atoms with van der Waals surface area (Å²) in [6, 6.07) is 9.19. The van der Waals surface area contributed by atoms with Crippen molar-refractivity contribution in [1.82, 2.24) is 10.3 Å². The third-order valence-corrected chi connectivity index (χ3v) is 3.26. The average Bonchev–Trinajstić information content (AvgIpc) is 2.46. The summed E-state index contributed by atoms with van der Waals surface area (Å²) in [7, 11) is 0. The fourth-order valence-electron chi connectivity index (χ4n) is 1.83. The van der Waals surface area contributed by atoms with Gasteiger partial charge in [0.05, 0.1) is 0 Å². The van der Waals surface area contributed by atoms with Gasteiger partial charge >= 0.3 is 6.03 Å². The first kappa shape index (κ1) is 14.8. The van der Waals surface area contributed by atoms with Crippen LogP contribution in [0, 0.1) is 20.8 Å². The Kier molecular flexibility index (Phi) is 4.77. The molecular formula is C16H19N3O2. The van der Waals surface area contributed by atoms with E-state index in [1.165, 1.54) is 0 Å². The summed E-state index contributed by atoms with van der Waals surface area (Å²) < 4.78 is 5.56. The molecule has 2 rings (SSSR count). The first-order chi connectivity index (χ1) is 10.1. The van der Waals surface area contributed by atoms with Gasteiger partial charge in [-0.05, 0) is 49.6 Å². The van der Waals surface area contributed by atoms with E-state index in [1.807, 2.05) is 51.1 Å². The first-order valence-electron chi connectivity index (χ1n) is 6.73. The van der Waals surface area contributed by atoms with E-state index in [0.29, 0.717) is 5.82 Å². The second-order valence-electron chi connectivity index (χ2n) is 4.79. The summed E-state index contributed by atoms with van der Waals surface area (Å²) >= 11 is 0. The number of amides is 2. The fourth-order valence-corrected chi connectivity index (χ4v) is 1.83. The molecule has 0 saturated carbocycles. The highest BCUT2D eigenvalue weighted by Gasteiger charge is 2.05. The lowest BCUT2D eigenvalue weighted by atomic mass is 10.1. The maximum Gasteiger partial charge on any atom is 0.323 e. The Morgan fingerprint density at radius 2 is 1.90 bits per heavy atom. The van der Waals surface area contributed by atoms with E-state index in [2.05, 4.69) is 15.6 Å². The van der Waals surface area contributed by atoms with Crippen molar-refractivity contribution in [3.8, 4) is 5.75 Å². The molecule has 1 aromatic carbocycles. The van der Waals surface area contributed by atoms with Crippen LogP contribution < -0.4 is 15.4 Å². The van der Waals surface area contributed by atoms with Crippen molar-refractivity contribution in [3.05, 3.63) is 53.2 Å². The van der Waals surface area contributed by atoms with Crippen molar-refractivity contribution >= 4 is 11.8 Å². The van der Waals surface area contributed by atoms with Gasteiger partial charge in [0.2, 0.25) is 0 Å².